The number of benzene rings is 1. The summed E-state index contributed by atoms with van der Waals surface area (Å²) in [7, 11) is 0. The zero-order chi connectivity index (χ0) is 12.8. The Balaban J connectivity index is 1.99. The smallest absolute Gasteiger partial charge is 0.120 e. The van der Waals surface area contributed by atoms with Crippen LogP contribution in [-0.4, -0.2) is 12.6 Å². The monoisotopic (exact) mass is 311 g/mol. The number of hydrogen-bond donors (Lipinski definition) is 1. The van der Waals surface area contributed by atoms with Gasteiger partial charge >= 0.3 is 0 Å². The van der Waals surface area contributed by atoms with E-state index in [0.717, 1.165) is 23.3 Å². The van der Waals surface area contributed by atoms with Gasteiger partial charge in [0.1, 0.15) is 5.75 Å². The molecule has 0 aliphatic heterocycles. The lowest BCUT2D eigenvalue weighted by atomic mass is 9.98. The average Bonchev–Trinajstić information content (AvgIpc) is 2.40. The molecule has 0 heterocycles. The van der Waals surface area contributed by atoms with E-state index in [1.807, 2.05) is 0 Å². The number of halogens is 1. The lowest BCUT2D eigenvalue weighted by Gasteiger charge is -2.23. The Kier molecular flexibility index (Phi) is 5.51. The van der Waals surface area contributed by atoms with E-state index in [-0.39, 0.29) is 0 Å². The zero-order valence-electron chi connectivity index (χ0n) is 11.0. The minimum Gasteiger partial charge on any atom is -0.490 e. The zero-order valence-corrected chi connectivity index (χ0v) is 12.6. The second kappa shape index (κ2) is 7.15. The molecule has 0 unspecified atom stereocenters. The summed E-state index contributed by atoms with van der Waals surface area (Å²) in [6.45, 7) is 4.00. The van der Waals surface area contributed by atoms with E-state index in [1.165, 1.54) is 37.7 Å². The van der Waals surface area contributed by atoms with Crippen LogP contribution in [0, 0.1) is 0 Å². The molecule has 0 spiro atoms. The predicted molar refractivity (Wildman–Crippen MR) is 79.0 cm³/mol. The van der Waals surface area contributed by atoms with E-state index in [1.54, 1.807) is 0 Å². The van der Waals surface area contributed by atoms with Crippen molar-refractivity contribution in [3.8, 4) is 5.75 Å². The molecule has 0 aromatic heterocycles. The summed E-state index contributed by atoms with van der Waals surface area (Å²) < 4.78 is 7.23. The highest BCUT2D eigenvalue weighted by atomic mass is 79.9. The van der Waals surface area contributed by atoms with Gasteiger partial charge < -0.3 is 10.1 Å². The van der Waals surface area contributed by atoms with Crippen LogP contribution < -0.4 is 10.1 Å². The largest absolute Gasteiger partial charge is 0.490 e. The van der Waals surface area contributed by atoms with Crippen LogP contribution in [0.3, 0.4) is 0 Å². The van der Waals surface area contributed by atoms with Crippen molar-refractivity contribution in [2.45, 2.75) is 51.7 Å². The molecule has 1 aromatic rings. The third-order valence-electron chi connectivity index (χ3n) is 3.44. The van der Waals surface area contributed by atoms with Gasteiger partial charge in [0.05, 0.1) is 6.10 Å². The average molecular weight is 312 g/mol. The molecule has 1 aromatic carbocycles. The first-order valence-electron chi connectivity index (χ1n) is 6.95. The van der Waals surface area contributed by atoms with Crippen molar-refractivity contribution in [2.24, 2.45) is 0 Å². The van der Waals surface area contributed by atoms with Crippen LogP contribution in [0.25, 0.3) is 0 Å². The SMILES string of the molecule is CCNCc1cc(OC2CCCCC2)ccc1Br. The van der Waals surface area contributed by atoms with Gasteiger partial charge in [-0.25, -0.2) is 0 Å². The number of nitrogens with one attached hydrogen (secondary N) is 1. The molecular formula is C15H22BrNO. The van der Waals surface area contributed by atoms with E-state index in [0.29, 0.717) is 6.10 Å². The maximum absolute atomic E-state index is 6.08. The number of rotatable bonds is 5. The van der Waals surface area contributed by atoms with Gasteiger partial charge in [-0.05, 0) is 56.0 Å². The highest BCUT2D eigenvalue weighted by Crippen LogP contribution is 2.27. The summed E-state index contributed by atoms with van der Waals surface area (Å²) in [4.78, 5) is 0. The van der Waals surface area contributed by atoms with Gasteiger partial charge in [0.2, 0.25) is 0 Å². The molecule has 1 N–H and O–H groups in total. The van der Waals surface area contributed by atoms with E-state index < -0.39 is 0 Å². The highest BCUT2D eigenvalue weighted by molar-refractivity contribution is 9.10. The molecule has 0 bridgehead atoms. The summed E-state index contributed by atoms with van der Waals surface area (Å²) in [6.07, 6.45) is 6.83. The first-order valence-corrected chi connectivity index (χ1v) is 7.74. The van der Waals surface area contributed by atoms with Crippen molar-refractivity contribution < 1.29 is 4.74 Å². The molecule has 2 nitrogen and oxygen atoms in total. The standard InChI is InChI=1S/C15H22BrNO/c1-2-17-11-12-10-14(8-9-15(12)16)18-13-6-4-3-5-7-13/h8-10,13,17H,2-7,11H2,1H3. The Morgan fingerprint density at radius 1 is 1.28 bits per heavy atom. The maximum Gasteiger partial charge on any atom is 0.120 e. The van der Waals surface area contributed by atoms with E-state index in [4.69, 9.17) is 4.74 Å². The van der Waals surface area contributed by atoms with Crippen LogP contribution in [0.5, 0.6) is 5.75 Å². The Labute approximate surface area is 118 Å². The maximum atomic E-state index is 6.08. The van der Waals surface area contributed by atoms with Gasteiger partial charge in [-0.3, -0.25) is 0 Å². The molecule has 2 rings (SSSR count). The van der Waals surface area contributed by atoms with Crippen molar-refractivity contribution in [2.75, 3.05) is 6.54 Å². The van der Waals surface area contributed by atoms with Gasteiger partial charge in [0, 0.05) is 11.0 Å². The van der Waals surface area contributed by atoms with Crippen molar-refractivity contribution >= 4 is 15.9 Å². The lowest BCUT2D eigenvalue weighted by Crippen LogP contribution is -2.19. The molecule has 1 fully saturated rings. The number of ether oxygens (including phenoxy) is 1. The van der Waals surface area contributed by atoms with E-state index in [9.17, 15) is 0 Å². The molecule has 1 aliphatic carbocycles. The fourth-order valence-electron chi connectivity index (χ4n) is 2.39. The third kappa shape index (κ3) is 3.99. The molecule has 0 radical (unpaired) electrons. The topological polar surface area (TPSA) is 21.3 Å². The molecule has 0 atom stereocenters. The van der Waals surface area contributed by atoms with Gasteiger partial charge in [-0.1, -0.05) is 29.3 Å². The minimum absolute atomic E-state index is 0.423. The second-order valence-corrected chi connectivity index (χ2v) is 5.77. The fraction of sp³-hybridized carbons (Fsp3) is 0.600. The Bertz CT molecular complexity index is 375. The summed E-state index contributed by atoms with van der Waals surface area (Å²) in [6, 6.07) is 6.31. The summed E-state index contributed by atoms with van der Waals surface area (Å²) >= 11 is 3.59. The molecule has 0 amide bonds. The predicted octanol–water partition coefficient (Wildman–Crippen LogP) is 4.27. The van der Waals surface area contributed by atoms with Crippen LogP contribution in [0.15, 0.2) is 22.7 Å². The molecular weight excluding hydrogens is 290 g/mol. The van der Waals surface area contributed by atoms with Crippen molar-refractivity contribution in [1.29, 1.82) is 0 Å². The van der Waals surface area contributed by atoms with E-state index >= 15 is 0 Å². The number of hydrogen-bond acceptors (Lipinski definition) is 2. The quantitative estimate of drug-likeness (QED) is 0.876. The summed E-state index contributed by atoms with van der Waals surface area (Å²) in [5.41, 5.74) is 1.27. The van der Waals surface area contributed by atoms with E-state index in [2.05, 4.69) is 46.4 Å². The second-order valence-electron chi connectivity index (χ2n) is 4.91. The third-order valence-corrected chi connectivity index (χ3v) is 4.21. The van der Waals surface area contributed by atoms with Crippen molar-refractivity contribution in [3.05, 3.63) is 28.2 Å². The van der Waals surface area contributed by atoms with Crippen molar-refractivity contribution in [1.82, 2.24) is 5.32 Å². The van der Waals surface area contributed by atoms with Crippen LogP contribution in [0.2, 0.25) is 0 Å². The van der Waals surface area contributed by atoms with Gasteiger partial charge in [-0.2, -0.15) is 0 Å². The Morgan fingerprint density at radius 3 is 2.78 bits per heavy atom. The van der Waals surface area contributed by atoms with Gasteiger partial charge in [-0.15, -0.1) is 0 Å². The van der Waals surface area contributed by atoms with Crippen molar-refractivity contribution in [3.63, 3.8) is 0 Å². The minimum atomic E-state index is 0.423. The van der Waals surface area contributed by atoms with Crippen LogP contribution in [0.1, 0.15) is 44.6 Å². The Hall–Kier alpha value is -0.540. The van der Waals surface area contributed by atoms with Crippen LogP contribution in [-0.2, 0) is 6.54 Å². The molecule has 1 aliphatic rings. The summed E-state index contributed by atoms with van der Waals surface area (Å²) in [5.74, 6) is 1.01. The molecule has 0 saturated heterocycles. The lowest BCUT2D eigenvalue weighted by molar-refractivity contribution is 0.155. The Morgan fingerprint density at radius 2 is 2.06 bits per heavy atom. The van der Waals surface area contributed by atoms with Gasteiger partial charge in [0.25, 0.3) is 0 Å². The molecule has 3 heteroatoms. The van der Waals surface area contributed by atoms with Gasteiger partial charge in [0.15, 0.2) is 0 Å². The molecule has 100 valence electrons. The molecule has 1 saturated carbocycles. The molecule has 18 heavy (non-hydrogen) atoms. The van der Waals surface area contributed by atoms with Crippen LogP contribution in [0.4, 0.5) is 0 Å². The normalized spacial score (nSPS) is 16.8. The van der Waals surface area contributed by atoms with Crippen LogP contribution >= 0.6 is 15.9 Å². The fourth-order valence-corrected chi connectivity index (χ4v) is 2.78. The highest BCUT2D eigenvalue weighted by Gasteiger charge is 2.15. The summed E-state index contributed by atoms with van der Waals surface area (Å²) in [5, 5.41) is 3.35. The first-order chi connectivity index (χ1) is 8.79. The first kappa shape index (κ1) is 13.9.